The highest BCUT2D eigenvalue weighted by atomic mass is 19.1. The maximum atomic E-state index is 13.2. The van der Waals surface area contributed by atoms with Crippen molar-refractivity contribution in [1.82, 2.24) is 10.2 Å². The summed E-state index contributed by atoms with van der Waals surface area (Å²) < 4.78 is 13.2. The van der Waals surface area contributed by atoms with Crippen LogP contribution >= 0.6 is 0 Å². The third-order valence-electron chi connectivity index (χ3n) is 6.51. The summed E-state index contributed by atoms with van der Waals surface area (Å²) in [6.45, 7) is 4.08. The fraction of sp³-hybridized carbons (Fsp3) is 0.172. The molecule has 0 radical (unpaired) electrons. The normalized spacial score (nSPS) is 17.4. The first-order valence-corrected chi connectivity index (χ1v) is 11.9. The molecule has 6 nitrogen and oxygen atoms in total. The minimum absolute atomic E-state index is 0.290. The van der Waals surface area contributed by atoms with Gasteiger partial charge >= 0.3 is 0 Å². The number of piperazine rings is 1. The van der Waals surface area contributed by atoms with Crippen molar-refractivity contribution in [1.29, 1.82) is 0 Å². The highest BCUT2D eigenvalue weighted by molar-refractivity contribution is 6.31. The molecule has 3 aromatic rings. The molecule has 0 saturated carbocycles. The third kappa shape index (κ3) is 5.21. The minimum Gasteiger partial charge on any atom is -0.369 e. The van der Waals surface area contributed by atoms with Gasteiger partial charge in [-0.15, -0.1) is 0 Å². The largest absolute Gasteiger partial charge is 0.369 e. The molecule has 0 bridgehead atoms. The molecule has 7 heteroatoms. The number of amides is 2. The molecule has 182 valence electrons. The number of benzene rings is 3. The number of carbonyl (C=O) groups is 2. The Balaban J connectivity index is 1.36. The molecule has 1 fully saturated rings. The molecule has 0 aromatic heterocycles. The molecule has 5 rings (SSSR count). The van der Waals surface area contributed by atoms with Crippen LogP contribution in [0, 0.1) is 5.82 Å². The Morgan fingerprint density at radius 3 is 2.19 bits per heavy atom. The lowest BCUT2D eigenvalue weighted by Crippen LogP contribution is -2.44. The molecule has 0 unspecified atom stereocenters. The van der Waals surface area contributed by atoms with E-state index < -0.39 is 11.8 Å². The van der Waals surface area contributed by atoms with Gasteiger partial charge in [0.1, 0.15) is 5.82 Å². The van der Waals surface area contributed by atoms with Crippen molar-refractivity contribution in [2.75, 3.05) is 43.4 Å². The van der Waals surface area contributed by atoms with E-state index in [-0.39, 0.29) is 5.82 Å². The summed E-state index contributed by atoms with van der Waals surface area (Å²) in [7, 11) is 2.13. The van der Waals surface area contributed by atoms with Crippen LogP contribution in [0.5, 0.6) is 0 Å². The van der Waals surface area contributed by atoms with Crippen molar-refractivity contribution in [2.45, 2.75) is 0 Å². The average Bonchev–Trinajstić information content (AvgIpc) is 2.89. The third-order valence-corrected chi connectivity index (χ3v) is 6.51. The van der Waals surface area contributed by atoms with Crippen LogP contribution in [0.4, 0.5) is 15.8 Å². The average molecular weight is 483 g/mol. The maximum absolute atomic E-state index is 13.2. The first-order chi connectivity index (χ1) is 17.5. The van der Waals surface area contributed by atoms with Crippen molar-refractivity contribution >= 4 is 40.9 Å². The quantitative estimate of drug-likeness (QED) is 0.319. The van der Waals surface area contributed by atoms with Crippen LogP contribution in [0.1, 0.15) is 27.0 Å². The summed E-state index contributed by atoms with van der Waals surface area (Å²) in [5.41, 5.74) is 5.07. The van der Waals surface area contributed by atoms with Crippen LogP contribution in [0.25, 0.3) is 17.7 Å². The number of fused-ring (bicyclic) bond motifs is 1. The van der Waals surface area contributed by atoms with Gasteiger partial charge in [0.05, 0.1) is 5.57 Å². The van der Waals surface area contributed by atoms with Crippen LogP contribution in [0.3, 0.4) is 0 Å². The molecule has 1 saturated heterocycles. The maximum Gasteiger partial charge on any atom is 0.260 e. The number of hydrogen-bond acceptors (Lipinski definition) is 5. The van der Waals surface area contributed by atoms with E-state index in [2.05, 4.69) is 39.6 Å². The second-order valence-electron chi connectivity index (χ2n) is 9.01. The lowest BCUT2D eigenvalue weighted by molar-refractivity contribution is -0.114. The van der Waals surface area contributed by atoms with Gasteiger partial charge in [0, 0.05) is 54.9 Å². The standard InChI is InChI=1S/C29H27FN4O2/c1-33-14-16-34(17-15-33)24-11-9-23(10-12-24)31-19-27-26-18-21(3-2-20-4-7-22(30)8-5-20)6-13-25(26)28(35)32-29(27)36/h2-13,18-19,31H,14-17H2,1H3,(H,32,35,36)/b3-2+,27-19-. The van der Waals surface area contributed by atoms with E-state index in [1.165, 1.54) is 17.8 Å². The van der Waals surface area contributed by atoms with E-state index in [0.717, 1.165) is 43.0 Å². The zero-order valence-electron chi connectivity index (χ0n) is 20.0. The van der Waals surface area contributed by atoms with Crippen molar-refractivity contribution < 1.29 is 14.0 Å². The molecular weight excluding hydrogens is 455 g/mol. The fourth-order valence-electron chi connectivity index (χ4n) is 4.34. The van der Waals surface area contributed by atoms with Gasteiger partial charge < -0.3 is 15.1 Å². The molecule has 36 heavy (non-hydrogen) atoms. The van der Waals surface area contributed by atoms with Gasteiger partial charge in [-0.25, -0.2) is 4.39 Å². The Kier molecular flexibility index (Phi) is 6.64. The van der Waals surface area contributed by atoms with Gasteiger partial charge in [-0.3, -0.25) is 14.9 Å². The van der Waals surface area contributed by atoms with Gasteiger partial charge in [0.25, 0.3) is 11.8 Å². The second-order valence-corrected chi connectivity index (χ2v) is 9.01. The topological polar surface area (TPSA) is 64.7 Å². The molecule has 2 heterocycles. The predicted octanol–water partition coefficient (Wildman–Crippen LogP) is 4.47. The Morgan fingerprint density at radius 1 is 0.806 bits per heavy atom. The van der Waals surface area contributed by atoms with Gasteiger partial charge in [-0.05, 0) is 66.7 Å². The number of carbonyl (C=O) groups excluding carboxylic acids is 2. The smallest absolute Gasteiger partial charge is 0.260 e. The van der Waals surface area contributed by atoms with E-state index in [1.54, 1.807) is 24.4 Å². The molecule has 2 aliphatic rings. The summed E-state index contributed by atoms with van der Waals surface area (Å²) in [5.74, 6) is -1.16. The van der Waals surface area contributed by atoms with E-state index in [4.69, 9.17) is 0 Å². The Bertz CT molecular complexity index is 1340. The molecule has 0 atom stereocenters. The highest BCUT2D eigenvalue weighted by Crippen LogP contribution is 2.27. The number of nitrogens with zero attached hydrogens (tertiary/aromatic N) is 2. The Labute approximate surface area is 209 Å². The summed E-state index contributed by atoms with van der Waals surface area (Å²) in [5, 5.41) is 5.62. The summed E-state index contributed by atoms with van der Waals surface area (Å²) >= 11 is 0. The van der Waals surface area contributed by atoms with Crippen LogP contribution < -0.4 is 15.5 Å². The monoisotopic (exact) mass is 482 g/mol. The van der Waals surface area contributed by atoms with Crippen LogP contribution in [0.2, 0.25) is 0 Å². The molecule has 0 aliphatic carbocycles. The summed E-state index contributed by atoms with van der Waals surface area (Å²) in [6.07, 6.45) is 5.36. The molecule has 2 amide bonds. The number of rotatable bonds is 5. The van der Waals surface area contributed by atoms with Crippen molar-refractivity contribution in [3.63, 3.8) is 0 Å². The number of nitrogens with one attached hydrogen (secondary N) is 2. The van der Waals surface area contributed by atoms with Gasteiger partial charge in [0.2, 0.25) is 0 Å². The Hall–Kier alpha value is -4.23. The molecule has 3 aromatic carbocycles. The second kappa shape index (κ2) is 10.2. The highest BCUT2D eigenvalue weighted by Gasteiger charge is 2.27. The predicted molar refractivity (Wildman–Crippen MR) is 142 cm³/mol. The van der Waals surface area contributed by atoms with Crippen molar-refractivity contribution in [3.05, 3.63) is 101 Å². The zero-order chi connectivity index (χ0) is 25.1. The Morgan fingerprint density at radius 2 is 1.47 bits per heavy atom. The number of anilines is 2. The number of halogens is 1. The number of likely N-dealkylation sites (N-methyl/N-ethyl adjacent to an activating group) is 1. The van der Waals surface area contributed by atoms with Gasteiger partial charge in [-0.1, -0.05) is 30.4 Å². The number of imide groups is 1. The van der Waals surface area contributed by atoms with E-state index in [1.807, 2.05) is 36.4 Å². The fourth-order valence-corrected chi connectivity index (χ4v) is 4.34. The van der Waals surface area contributed by atoms with Crippen molar-refractivity contribution in [3.8, 4) is 0 Å². The lowest BCUT2D eigenvalue weighted by Gasteiger charge is -2.34. The van der Waals surface area contributed by atoms with Crippen molar-refractivity contribution in [2.24, 2.45) is 0 Å². The van der Waals surface area contributed by atoms with Gasteiger partial charge in [-0.2, -0.15) is 0 Å². The van der Waals surface area contributed by atoms with Crippen LogP contribution in [0.15, 0.2) is 72.9 Å². The van der Waals surface area contributed by atoms with Crippen LogP contribution in [-0.2, 0) is 4.79 Å². The summed E-state index contributed by atoms with van der Waals surface area (Å²) in [6, 6.07) is 19.6. The van der Waals surface area contributed by atoms with E-state index in [9.17, 15) is 14.0 Å². The first kappa shape index (κ1) is 23.5. The van der Waals surface area contributed by atoms with E-state index in [0.29, 0.717) is 16.7 Å². The number of hydrogen-bond donors (Lipinski definition) is 2. The molecule has 0 spiro atoms. The lowest BCUT2D eigenvalue weighted by atomic mass is 9.93. The first-order valence-electron chi connectivity index (χ1n) is 11.9. The van der Waals surface area contributed by atoms with Gasteiger partial charge in [0.15, 0.2) is 0 Å². The minimum atomic E-state index is -0.450. The molecular formula is C29H27FN4O2. The van der Waals surface area contributed by atoms with Crippen LogP contribution in [-0.4, -0.2) is 49.9 Å². The molecule has 2 aliphatic heterocycles. The summed E-state index contributed by atoms with van der Waals surface area (Å²) in [4.78, 5) is 29.8. The zero-order valence-corrected chi connectivity index (χ0v) is 20.0. The SMILES string of the molecule is CN1CCN(c2ccc(N/C=C3\C(=O)NC(=O)c4ccc(/C=C/c5ccc(F)cc5)cc43)cc2)CC1. The molecule has 2 N–H and O–H groups in total. The van der Waals surface area contributed by atoms with E-state index >= 15 is 0 Å².